The van der Waals surface area contributed by atoms with E-state index >= 15 is 0 Å². The van der Waals surface area contributed by atoms with Gasteiger partial charge in [0.15, 0.2) is 12.4 Å². The number of carbonyl (C=O) groups is 3. The number of allylic oxidation sites excluding steroid dienone is 8. The van der Waals surface area contributed by atoms with Crippen molar-refractivity contribution in [2.45, 2.75) is 155 Å². The Morgan fingerprint density at radius 2 is 1.12 bits per heavy atom. The third kappa shape index (κ3) is 35.4. The monoisotopic (exact) mass is 720 g/mol. The van der Waals surface area contributed by atoms with E-state index in [4.69, 9.17) is 18.9 Å². The van der Waals surface area contributed by atoms with E-state index in [1.165, 1.54) is 25.7 Å². The van der Waals surface area contributed by atoms with Gasteiger partial charge in [0.25, 0.3) is 0 Å². The van der Waals surface area contributed by atoms with Crippen LogP contribution >= 0.6 is 0 Å². The number of hydrogen-bond donors (Lipinski definition) is 0. The summed E-state index contributed by atoms with van der Waals surface area (Å²) in [7, 11) is 5.88. The minimum Gasteiger partial charge on any atom is -0.545 e. The summed E-state index contributed by atoms with van der Waals surface area (Å²) >= 11 is 0. The first-order valence-corrected chi connectivity index (χ1v) is 19.8. The summed E-state index contributed by atoms with van der Waals surface area (Å²) in [5.41, 5.74) is 0. The number of rotatable bonds is 35. The first-order chi connectivity index (χ1) is 24.6. The summed E-state index contributed by atoms with van der Waals surface area (Å²) in [5, 5.41) is 11.6. The van der Waals surface area contributed by atoms with E-state index in [0.29, 0.717) is 17.4 Å². The van der Waals surface area contributed by atoms with Crippen molar-refractivity contribution >= 4 is 17.9 Å². The molecule has 0 heterocycles. The molecule has 2 unspecified atom stereocenters. The van der Waals surface area contributed by atoms with Gasteiger partial charge in [-0.2, -0.15) is 0 Å². The lowest BCUT2D eigenvalue weighted by Gasteiger charge is -2.26. The van der Waals surface area contributed by atoms with Crippen molar-refractivity contribution in [1.29, 1.82) is 0 Å². The number of carboxylic acid groups (broad SMARTS) is 1. The molecule has 0 aromatic carbocycles. The van der Waals surface area contributed by atoms with Crippen LogP contribution in [0.5, 0.6) is 0 Å². The lowest BCUT2D eigenvalue weighted by molar-refractivity contribution is -0.870. The highest BCUT2D eigenvalue weighted by Crippen LogP contribution is 2.12. The van der Waals surface area contributed by atoms with Gasteiger partial charge in [-0.3, -0.25) is 9.59 Å². The lowest BCUT2D eigenvalue weighted by Crippen LogP contribution is -2.44. The van der Waals surface area contributed by atoms with E-state index in [9.17, 15) is 19.5 Å². The molecule has 0 saturated heterocycles. The molecule has 2 atom stereocenters. The van der Waals surface area contributed by atoms with Crippen molar-refractivity contribution in [3.8, 4) is 0 Å². The fraction of sp³-hybridized carbons (Fsp3) is 0.738. The van der Waals surface area contributed by atoms with Crippen molar-refractivity contribution in [1.82, 2.24) is 0 Å². The van der Waals surface area contributed by atoms with Crippen LogP contribution in [0.1, 0.15) is 142 Å². The van der Waals surface area contributed by atoms with Gasteiger partial charge in [-0.25, -0.2) is 0 Å². The van der Waals surface area contributed by atoms with Gasteiger partial charge in [0, 0.05) is 12.8 Å². The van der Waals surface area contributed by atoms with E-state index in [1.807, 2.05) is 21.1 Å². The van der Waals surface area contributed by atoms with E-state index in [-0.39, 0.29) is 38.6 Å². The van der Waals surface area contributed by atoms with Gasteiger partial charge in [-0.05, 0) is 51.4 Å². The fourth-order valence-corrected chi connectivity index (χ4v) is 4.99. The second-order valence-electron chi connectivity index (χ2n) is 14.2. The number of hydrogen-bond acceptors (Lipinski definition) is 8. The minimum atomic E-state index is -1.62. The predicted octanol–water partition coefficient (Wildman–Crippen LogP) is 8.32. The Kier molecular flexibility index (Phi) is 32.5. The number of ether oxygens (including phenoxy) is 4. The minimum absolute atomic E-state index is 0.143. The Morgan fingerprint density at radius 3 is 1.67 bits per heavy atom. The highest BCUT2D eigenvalue weighted by Gasteiger charge is 2.21. The molecule has 0 aliphatic rings. The largest absolute Gasteiger partial charge is 0.545 e. The number of likely N-dealkylation sites (N-methyl/N-ethyl adjacent to an activating group) is 1. The maximum atomic E-state index is 12.7. The average Bonchev–Trinajstić information content (AvgIpc) is 3.08. The number of esters is 2. The van der Waals surface area contributed by atoms with Crippen LogP contribution in [0.2, 0.25) is 0 Å². The molecule has 0 amide bonds. The first kappa shape index (κ1) is 48.2. The van der Waals surface area contributed by atoms with Crippen LogP contribution in [0.4, 0.5) is 0 Å². The first-order valence-electron chi connectivity index (χ1n) is 19.8. The molecule has 0 aromatic heterocycles. The molecule has 0 N–H and O–H groups in total. The third-order valence-corrected chi connectivity index (χ3v) is 8.09. The molecule has 9 nitrogen and oxygen atoms in total. The maximum Gasteiger partial charge on any atom is 0.306 e. The molecule has 0 saturated carbocycles. The molecule has 0 bridgehead atoms. The molecule has 9 heteroatoms. The van der Waals surface area contributed by atoms with E-state index < -0.39 is 24.3 Å². The van der Waals surface area contributed by atoms with Crippen LogP contribution in [-0.2, 0) is 33.3 Å². The highest BCUT2D eigenvalue weighted by molar-refractivity contribution is 5.70. The van der Waals surface area contributed by atoms with Crippen LogP contribution < -0.4 is 5.11 Å². The lowest BCUT2D eigenvalue weighted by atomic mass is 10.1. The second-order valence-corrected chi connectivity index (χ2v) is 14.2. The summed E-state index contributed by atoms with van der Waals surface area (Å²) in [6, 6.07) is 0. The van der Waals surface area contributed by atoms with Gasteiger partial charge in [0.2, 0.25) is 0 Å². The normalized spacial score (nSPS) is 13.5. The van der Waals surface area contributed by atoms with E-state index in [2.05, 4.69) is 62.5 Å². The Hall–Kier alpha value is -2.75. The molecule has 0 rings (SSSR count). The van der Waals surface area contributed by atoms with Crippen LogP contribution in [0.15, 0.2) is 48.6 Å². The summed E-state index contributed by atoms with van der Waals surface area (Å²) in [6.45, 7) is 4.53. The van der Waals surface area contributed by atoms with Gasteiger partial charge >= 0.3 is 11.9 Å². The van der Waals surface area contributed by atoms with Crippen LogP contribution in [0.25, 0.3) is 0 Å². The van der Waals surface area contributed by atoms with Crippen molar-refractivity contribution in [3.05, 3.63) is 48.6 Å². The Labute approximate surface area is 311 Å². The molecule has 0 aromatic rings. The van der Waals surface area contributed by atoms with Gasteiger partial charge in [-0.15, -0.1) is 0 Å². The maximum absolute atomic E-state index is 12.7. The number of nitrogens with zero attached hydrogens (tertiary/aromatic N) is 1. The van der Waals surface area contributed by atoms with Crippen molar-refractivity contribution in [2.75, 3.05) is 47.5 Å². The number of unbranched alkanes of at least 4 members (excludes halogenated alkanes) is 12. The molecule has 0 spiro atoms. The van der Waals surface area contributed by atoms with Crippen LogP contribution in [0, 0.1) is 0 Å². The second kappa shape index (κ2) is 34.3. The predicted molar refractivity (Wildman–Crippen MR) is 205 cm³/mol. The Balaban J connectivity index is 4.45. The van der Waals surface area contributed by atoms with Crippen LogP contribution in [0.3, 0.4) is 0 Å². The molecular weight excluding hydrogens is 646 g/mol. The Morgan fingerprint density at radius 1 is 0.608 bits per heavy atom. The molecule has 0 aliphatic heterocycles. The average molecular weight is 720 g/mol. The zero-order valence-corrected chi connectivity index (χ0v) is 33.0. The van der Waals surface area contributed by atoms with Gasteiger partial charge in [0.05, 0.1) is 40.3 Å². The van der Waals surface area contributed by atoms with Gasteiger partial charge in [0.1, 0.15) is 13.2 Å². The van der Waals surface area contributed by atoms with Crippen molar-refractivity contribution in [2.24, 2.45) is 0 Å². The molecular formula is C42H73NO8. The number of carboxylic acids is 1. The number of carbonyl (C=O) groups excluding carboxylic acids is 3. The summed E-state index contributed by atoms with van der Waals surface area (Å²) in [6.07, 6.45) is 34.4. The quantitative estimate of drug-likeness (QED) is 0.0211. The third-order valence-electron chi connectivity index (χ3n) is 8.09. The molecule has 0 aliphatic carbocycles. The topological polar surface area (TPSA) is 111 Å². The molecule has 294 valence electrons. The number of quaternary nitrogens is 1. The summed E-state index contributed by atoms with van der Waals surface area (Å²) in [5.74, 6) is -2.32. The Bertz CT molecular complexity index is 982. The SMILES string of the molecule is CC/C=C\C/C=C\C/C=C\C/C=C\CCCCCCCCC(=O)OC(COC(=O)CCCCCCCCC)COC(OCC[N+](C)(C)C)C(=O)[O-]. The van der Waals surface area contributed by atoms with Gasteiger partial charge < -0.3 is 33.3 Å². The molecule has 51 heavy (non-hydrogen) atoms. The fourth-order valence-electron chi connectivity index (χ4n) is 4.99. The van der Waals surface area contributed by atoms with Crippen molar-refractivity contribution in [3.63, 3.8) is 0 Å². The standard InChI is InChI=1S/C42H73NO8/c1-6-8-10-12-14-15-16-17-18-19-20-21-22-23-24-25-27-29-31-33-40(45)51-38(36-49-39(44)32-30-28-26-13-11-9-7-2)37-50-42(41(46)47)48-35-34-43(3,4)5/h8,10,14-15,17-18,20-21,38,42H,6-7,9,11-13,16,19,22-37H2,1-5H3/b10-8-,15-14-,18-17-,21-20-. The van der Waals surface area contributed by atoms with E-state index in [1.54, 1.807) is 0 Å². The van der Waals surface area contributed by atoms with Crippen molar-refractivity contribution < 1.29 is 42.9 Å². The zero-order valence-electron chi connectivity index (χ0n) is 33.0. The summed E-state index contributed by atoms with van der Waals surface area (Å²) < 4.78 is 22.4. The van der Waals surface area contributed by atoms with Crippen LogP contribution in [-0.4, -0.2) is 82.3 Å². The van der Waals surface area contributed by atoms with E-state index in [0.717, 1.165) is 83.5 Å². The van der Waals surface area contributed by atoms with Gasteiger partial charge in [-0.1, -0.05) is 127 Å². The smallest absolute Gasteiger partial charge is 0.306 e. The molecule has 0 fully saturated rings. The highest BCUT2D eigenvalue weighted by atomic mass is 16.7. The summed E-state index contributed by atoms with van der Waals surface area (Å²) in [4.78, 5) is 36.6. The molecule has 0 radical (unpaired) electrons. The zero-order chi connectivity index (χ0) is 37.8. The number of aliphatic carboxylic acids is 1.